The molecule has 0 saturated heterocycles. The third-order valence-electron chi connectivity index (χ3n) is 5.19. The Bertz CT molecular complexity index is 1100. The molecular weight excluding hydrogens is 394 g/mol. The second kappa shape index (κ2) is 10.1. The first-order valence-corrected chi connectivity index (χ1v) is 10.3. The summed E-state index contributed by atoms with van der Waals surface area (Å²) in [5.74, 6) is 1.96. The van der Waals surface area contributed by atoms with Gasteiger partial charge in [-0.25, -0.2) is 0 Å². The number of fused-ring (bicyclic) bond motifs is 1. The number of methoxy groups -OCH3 is 3. The van der Waals surface area contributed by atoms with E-state index in [1.54, 1.807) is 33.7 Å². The van der Waals surface area contributed by atoms with Crippen LogP contribution in [0.1, 0.15) is 32.3 Å². The van der Waals surface area contributed by atoms with Crippen molar-refractivity contribution in [3.8, 4) is 28.4 Å². The van der Waals surface area contributed by atoms with Crippen LogP contribution in [0.25, 0.3) is 27.7 Å². The van der Waals surface area contributed by atoms with Crippen LogP contribution in [0, 0.1) is 0 Å². The third-order valence-corrected chi connectivity index (χ3v) is 5.19. The summed E-state index contributed by atoms with van der Waals surface area (Å²) in [6.07, 6.45) is 5.28. The molecule has 0 bridgehead atoms. The van der Waals surface area contributed by atoms with Gasteiger partial charge in [0.25, 0.3) is 0 Å². The highest BCUT2D eigenvalue weighted by molar-refractivity contribution is 6.01. The predicted molar refractivity (Wildman–Crippen MR) is 123 cm³/mol. The van der Waals surface area contributed by atoms with Crippen LogP contribution in [-0.4, -0.2) is 33.8 Å². The molecule has 3 aromatic rings. The first-order valence-electron chi connectivity index (χ1n) is 10.3. The number of allylic oxidation sites excluding steroid dienone is 1. The molecule has 6 heteroatoms. The molecule has 31 heavy (non-hydrogen) atoms. The molecule has 3 rings (SSSR count). The normalized spacial score (nSPS) is 11.5. The monoisotopic (exact) mass is 423 g/mol. The van der Waals surface area contributed by atoms with E-state index in [2.05, 4.69) is 12.2 Å². The second-order valence-electron chi connectivity index (χ2n) is 7.24. The van der Waals surface area contributed by atoms with Gasteiger partial charge >= 0.3 is 0 Å². The zero-order chi connectivity index (χ0) is 22.4. The number of benzene rings is 2. The first-order chi connectivity index (χ1) is 15.0. The van der Waals surface area contributed by atoms with Gasteiger partial charge in [-0.15, -0.1) is 0 Å². The number of carbonyl (C=O) groups is 1. The molecule has 0 fully saturated rings. The predicted octanol–water partition coefficient (Wildman–Crippen LogP) is 5.45. The van der Waals surface area contributed by atoms with Gasteiger partial charge in [-0.2, -0.15) is 0 Å². The molecule has 1 aromatic heterocycles. The van der Waals surface area contributed by atoms with Gasteiger partial charge in [-0.3, -0.25) is 4.79 Å². The average molecular weight is 424 g/mol. The van der Waals surface area contributed by atoms with Crippen molar-refractivity contribution in [2.45, 2.75) is 26.7 Å². The number of rotatable bonds is 9. The number of unbranched alkanes of at least 4 members (excludes halogenated alkanes) is 1. The Kier molecular flexibility index (Phi) is 7.23. The van der Waals surface area contributed by atoms with Crippen molar-refractivity contribution in [3.63, 3.8) is 0 Å². The summed E-state index contributed by atoms with van der Waals surface area (Å²) in [5, 5.41) is 3.80. The van der Waals surface area contributed by atoms with Crippen LogP contribution in [0.3, 0.4) is 0 Å². The van der Waals surface area contributed by atoms with E-state index in [1.807, 2.05) is 37.3 Å². The highest BCUT2D eigenvalue weighted by Crippen LogP contribution is 2.41. The molecule has 0 aliphatic rings. The number of hydrogen-bond acceptors (Lipinski definition) is 5. The Morgan fingerprint density at radius 1 is 1.03 bits per heavy atom. The Labute approximate surface area is 182 Å². The van der Waals surface area contributed by atoms with Crippen molar-refractivity contribution in [1.82, 2.24) is 5.32 Å². The van der Waals surface area contributed by atoms with Gasteiger partial charge in [0.05, 0.1) is 27.6 Å². The lowest BCUT2D eigenvalue weighted by atomic mass is 9.98. The van der Waals surface area contributed by atoms with Crippen LogP contribution in [-0.2, 0) is 4.79 Å². The number of hydrogen-bond donors (Lipinski definition) is 1. The van der Waals surface area contributed by atoms with E-state index >= 15 is 0 Å². The Morgan fingerprint density at radius 2 is 1.81 bits per heavy atom. The van der Waals surface area contributed by atoms with Crippen LogP contribution in [0.2, 0.25) is 0 Å². The first kappa shape index (κ1) is 22.3. The maximum Gasteiger partial charge on any atom is 0.244 e. The van der Waals surface area contributed by atoms with E-state index in [1.165, 1.54) is 0 Å². The van der Waals surface area contributed by atoms with E-state index < -0.39 is 0 Å². The Morgan fingerprint density at radius 3 is 2.48 bits per heavy atom. The molecule has 2 aromatic carbocycles. The quantitative estimate of drug-likeness (QED) is 0.366. The number of amides is 1. The molecule has 1 heterocycles. The Balaban J connectivity index is 2.08. The zero-order valence-electron chi connectivity index (χ0n) is 18.7. The molecule has 0 radical (unpaired) electrons. The number of carbonyl (C=O) groups excluding carboxylic acids is 1. The topological polar surface area (TPSA) is 69.9 Å². The number of furan rings is 1. The highest BCUT2D eigenvalue weighted by atomic mass is 16.5. The summed E-state index contributed by atoms with van der Waals surface area (Å²) in [7, 11) is 4.86. The van der Waals surface area contributed by atoms with Crippen LogP contribution in [0.15, 0.2) is 47.1 Å². The van der Waals surface area contributed by atoms with E-state index in [4.69, 9.17) is 18.6 Å². The highest BCUT2D eigenvalue weighted by Gasteiger charge is 2.17. The zero-order valence-corrected chi connectivity index (χ0v) is 18.7. The van der Waals surface area contributed by atoms with E-state index in [0.717, 1.165) is 46.2 Å². The molecule has 1 amide bonds. The van der Waals surface area contributed by atoms with Crippen molar-refractivity contribution in [3.05, 3.63) is 48.2 Å². The lowest BCUT2D eigenvalue weighted by molar-refractivity contribution is -0.116. The minimum absolute atomic E-state index is 0.116. The Hall–Kier alpha value is -3.41. The molecule has 0 atom stereocenters. The molecule has 6 nitrogen and oxygen atoms in total. The van der Waals surface area contributed by atoms with E-state index in [0.29, 0.717) is 23.6 Å². The number of nitrogens with one attached hydrogen (secondary N) is 1. The molecule has 0 unspecified atom stereocenters. The summed E-state index contributed by atoms with van der Waals surface area (Å²) in [4.78, 5) is 12.3. The number of ether oxygens (including phenoxy) is 3. The van der Waals surface area contributed by atoms with Gasteiger partial charge in [0, 0.05) is 40.8 Å². The second-order valence-corrected chi connectivity index (χ2v) is 7.24. The van der Waals surface area contributed by atoms with E-state index in [-0.39, 0.29) is 5.91 Å². The summed E-state index contributed by atoms with van der Waals surface area (Å²) >= 11 is 0. The fraction of sp³-hybridized carbons (Fsp3) is 0.320. The summed E-state index contributed by atoms with van der Waals surface area (Å²) in [6.45, 7) is 4.65. The maximum atomic E-state index is 12.3. The summed E-state index contributed by atoms with van der Waals surface area (Å²) < 4.78 is 22.3. The largest absolute Gasteiger partial charge is 0.497 e. The fourth-order valence-corrected chi connectivity index (χ4v) is 3.48. The SMILES string of the molecule is CCCCNC(=O)/C=C(\C)c1cc2c(-c3cc(OC)ccc3OC)coc2cc1OC. The van der Waals surface area contributed by atoms with Crippen molar-refractivity contribution in [2.75, 3.05) is 27.9 Å². The molecule has 164 valence electrons. The van der Waals surface area contributed by atoms with Gasteiger partial charge < -0.3 is 23.9 Å². The van der Waals surface area contributed by atoms with Crippen LogP contribution in [0.5, 0.6) is 17.2 Å². The fourth-order valence-electron chi connectivity index (χ4n) is 3.48. The minimum atomic E-state index is -0.116. The van der Waals surface area contributed by atoms with Crippen molar-refractivity contribution < 1.29 is 23.4 Å². The molecule has 0 spiro atoms. The minimum Gasteiger partial charge on any atom is -0.497 e. The van der Waals surface area contributed by atoms with Gasteiger partial charge in [0.2, 0.25) is 5.91 Å². The van der Waals surface area contributed by atoms with Crippen LogP contribution >= 0.6 is 0 Å². The average Bonchev–Trinajstić information content (AvgIpc) is 3.20. The summed E-state index contributed by atoms with van der Waals surface area (Å²) in [6, 6.07) is 9.45. The molecular formula is C25H29NO5. The smallest absolute Gasteiger partial charge is 0.244 e. The van der Waals surface area contributed by atoms with Gasteiger partial charge in [-0.1, -0.05) is 13.3 Å². The molecule has 0 aliphatic carbocycles. The van der Waals surface area contributed by atoms with E-state index in [9.17, 15) is 4.79 Å². The standard InChI is InChI=1S/C25H29NO5/c1-6-7-10-26-25(27)11-16(2)18-13-20-21(15-31-24(20)14-23(18)30-5)19-12-17(28-3)8-9-22(19)29-4/h8-9,11-15H,6-7,10H2,1-5H3,(H,26,27)/b16-11+. The molecule has 0 saturated carbocycles. The molecule has 1 N–H and O–H groups in total. The van der Waals surface area contributed by atoms with Crippen molar-refractivity contribution in [1.29, 1.82) is 0 Å². The van der Waals surface area contributed by atoms with Gasteiger partial charge in [-0.05, 0) is 43.2 Å². The lowest BCUT2D eigenvalue weighted by Crippen LogP contribution is -2.22. The van der Waals surface area contributed by atoms with Gasteiger partial charge in [0.1, 0.15) is 22.8 Å². The van der Waals surface area contributed by atoms with Crippen LogP contribution < -0.4 is 19.5 Å². The van der Waals surface area contributed by atoms with Crippen molar-refractivity contribution >= 4 is 22.4 Å². The molecule has 0 aliphatic heterocycles. The third kappa shape index (κ3) is 4.85. The van der Waals surface area contributed by atoms with Crippen LogP contribution in [0.4, 0.5) is 0 Å². The maximum absolute atomic E-state index is 12.3. The lowest BCUT2D eigenvalue weighted by Gasteiger charge is -2.12. The summed E-state index contributed by atoms with van der Waals surface area (Å²) in [5.41, 5.74) is 4.04. The van der Waals surface area contributed by atoms with Crippen molar-refractivity contribution in [2.24, 2.45) is 0 Å². The van der Waals surface area contributed by atoms with Gasteiger partial charge in [0.15, 0.2) is 0 Å².